The molecule has 2 unspecified atom stereocenters. The molecule has 0 N–H and O–H groups in total. The highest BCUT2D eigenvalue weighted by Crippen LogP contribution is 2.31. The van der Waals surface area contributed by atoms with Gasteiger partial charge in [-0.05, 0) is 72.0 Å². The minimum Gasteiger partial charge on any atom is -0.100 e. The van der Waals surface area contributed by atoms with Gasteiger partial charge in [-0.15, -0.1) is 6.58 Å². The van der Waals surface area contributed by atoms with E-state index in [-0.39, 0.29) is 7.43 Å². The third-order valence-corrected chi connectivity index (χ3v) is 6.25. The molecule has 1 aliphatic rings. The summed E-state index contributed by atoms with van der Waals surface area (Å²) in [6, 6.07) is 0. The van der Waals surface area contributed by atoms with Gasteiger partial charge < -0.3 is 0 Å². The summed E-state index contributed by atoms with van der Waals surface area (Å²) in [7, 11) is 0. The lowest BCUT2D eigenvalue weighted by molar-refractivity contribution is 0.199. The number of allylic oxidation sites excluding steroid dienone is 3. The highest BCUT2D eigenvalue weighted by Gasteiger charge is 2.22. The third-order valence-electron chi connectivity index (χ3n) is 6.25. The smallest absolute Gasteiger partial charge is 0.0226 e. The van der Waals surface area contributed by atoms with E-state index in [0.717, 1.165) is 24.2 Å². The Balaban J connectivity index is -0.000000178. The van der Waals surface area contributed by atoms with Crippen molar-refractivity contribution in [3.05, 3.63) is 24.3 Å². The maximum Gasteiger partial charge on any atom is -0.0226 e. The zero-order valence-electron chi connectivity index (χ0n) is 26.6. The molecule has 0 amide bonds. The van der Waals surface area contributed by atoms with Gasteiger partial charge in [0.1, 0.15) is 0 Å². The van der Waals surface area contributed by atoms with Crippen LogP contribution in [0.3, 0.4) is 0 Å². The molecule has 1 rings (SSSR count). The summed E-state index contributed by atoms with van der Waals surface area (Å²) in [5.41, 5.74) is 3.23. The Labute approximate surface area is 220 Å². The number of hydrogen-bond donors (Lipinski definition) is 0. The molecule has 2 atom stereocenters. The van der Waals surface area contributed by atoms with E-state index in [1.807, 2.05) is 0 Å². The first kappa shape index (κ1) is 40.6. The van der Waals surface area contributed by atoms with Crippen LogP contribution in [0, 0.1) is 39.4 Å². The molecule has 208 valence electrons. The Morgan fingerprint density at radius 3 is 1.35 bits per heavy atom. The van der Waals surface area contributed by atoms with Gasteiger partial charge in [-0.3, -0.25) is 0 Å². The molecule has 0 radical (unpaired) electrons. The van der Waals surface area contributed by atoms with Crippen molar-refractivity contribution >= 4 is 0 Å². The number of rotatable bonds is 3. The van der Waals surface area contributed by atoms with Gasteiger partial charge in [0.15, 0.2) is 0 Å². The summed E-state index contributed by atoms with van der Waals surface area (Å²) in [6.07, 6.45) is 11.1. The second-order valence-corrected chi connectivity index (χ2v) is 15.5. The quantitative estimate of drug-likeness (QED) is 0.352. The molecule has 0 bridgehead atoms. The SMILES string of the molecule is C.C=C(C)CC(C)(C)C.CC(C)(C)CC1C=CCC1.CC(C)C(C)C(C)(C)C.CCC(C)(C)C. The third kappa shape index (κ3) is 33.7. The summed E-state index contributed by atoms with van der Waals surface area (Å²) in [4.78, 5) is 0. The second-order valence-electron chi connectivity index (χ2n) is 15.5. The predicted octanol–water partition coefficient (Wildman–Crippen LogP) is 12.8. The molecule has 0 nitrogen and oxygen atoms in total. The lowest BCUT2D eigenvalue weighted by Gasteiger charge is -2.30. The maximum atomic E-state index is 3.84. The minimum atomic E-state index is 0. The molecule has 34 heavy (non-hydrogen) atoms. The van der Waals surface area contributed by atoms with E-state index in [9.17, 15) is 0 Å². The first-order valence-corrected chi connectivity index (χ1v) is 13.7. The van der Waals surface area contributed by atoms with Crippen LogP contribution in [-0.2, 0) is 0 Å². The standard InChI is InChI=1S/C10H18.C9H20.C8H16.C6H14.CH4/c1-10(2,3)8-9-6-4-5-7-9;1-7(2)8(3)9(4,5)6;1-7(2)6-8(3,4)5;1-5-6(2,3)4;/h4,6,9H,5,7-8H2,1-3H3;7-8H,1-6H3;1,6H2,2-5H3;5H2,1-4H3;1H4. The van der Waals surface area contributed by atoms with Gasteiger partial charge in [-0.25, -0.2) is 0 Å². The molecule has 0 saturated heterocycles. The van der Waals surface area contributed by atoms with Crippen LogP contribution in [-0.4, -0.2) is 0 Å². The second kappa shape index (κ2) is 17.8. The Bertz CT molecular complexity index is 502. The van der Waals surface area contributed by atoms with E-state index in [4.69, 9.17) is 0 Å². The molecule has 0 aromatic heterocycles. The molecule has 0 spiro atoms. The summed E-state index contributed by atoms with van der Waals surface area (Å²) >= 11 is 0. The fraction of sp³-hybridized carbons (Fsp3) is 0.882. The van der Waals surface area contributed by atoms with Crippen molar-refractivity contribution in [1.29, 1.82) is 0 Å². The van der Waals surface area contributed by atoms with E-state index < -0.39 is 0 Å². The molecular formula is C34H72. The average Bonchev–Trinajstić information content (AvgIpc) is 3.02. The van der Waals surface area contributed by atoms with Crippen molar-refractivity contribution in [3.8, 4) is 0 Å². The van der Waals surface area contributed by atoms with E-state index in [1.54, 1.807) is 0 Å². The first-order valence-electron chi connectivity index (χ1n) is 13.7. The first-order chi connectivity index (χ1) is 14.4. The van der Waals surface area contributed by atoms with Crippen molar-refractivity contribution in [1.82, 2.24) is 0 Å². The highest BCUT2D eigenvalue weighted by atomic mass is 14.3. The molecule has 0 aromatic rings. The normalized spacial score (nSPS) is 16.7. The maximum absolute atomic E-state index is 3.84. The topological polar surface area (TPSA) is 0 Å². The zero-order chi connectivity index (χ0) is 27.3. The molecule has 0 aromatic carbocycles. The van der Waals surface area contributed by atoms with Gasteiger partial charge in [-0.2, -0.15) is 0 Å². The van der Waals surface area contributed by atoms with Crippen LogP contribution in [0.2, 0.25) is 0 Å². The number of hydrogen-bond acceptors (Lipinski definition) is 0. The van der Waals surface area contributed by atoms with Crippen molar-refractivity contribution < 1.29 is 0 Å². The van der Waals surface area contributed by atoms with Gasteiger partial charge in [0.2, 0.25) is 0 Å². The minimum absolute atomic E-state index is 0. The van der Waals surface area contributed by atoms with Gasteiger partial charge in [-0.1, -0.05) is 142 Å². The van der Waals surface area contributed by atoms with Crippen LogP contribution in [0.1, 0.15) is 157 Å². The van der Waals surface area contributed by atoms with Crippen LogP contribution in [0.4, 0.5) is 0 Å². The lowest BCUT2D eigenvalue weighted by atomic mass is 9.76. The van der Waals surface area contributed by atoms with Crippen molar-refractivity contribution in [2.24, 2.45) is 39.4 Å². The molecule has 0 fully saturated rings. The van der Waals surface area contributed by atoms with Crippen LogP contribution in [0.5, 0.6) is 0 Å². The van der Waals surface area contributed by atoms with Crippen LogP contribution in [0.15, 0.2) is 24.3 Å². The zero-order valence-corrected chi connectivity index (χ0v) is 26.6. The Kier molecular flexibility index (Phi) is 21.3. The fourth-order valence-electron chi connectivity index (χ4n) is 3.56. The summed E-state index contributed by atoms with van der Waals surface area (Å²) < 4.78 is 0. The molecule has 0 heteroatoms. The van der Waals surface area contributed by atoms with Gasteiger partial charge in [0.25, 0.3) is 0 Å². The van der Waals surface area contributed by atoms with E-state index >= 15 is 0 Å². The Hall–Kier alpha value is -0.520. The fourth-order valence-corrected chi connectivity index (χ4v) is 3.56. The largest absolute Gasteiger partial charge is 0.100 e. The van der Waals surface area contributed by atoms with Crippen molar-refractivity contribution in [3.63, 3.8) is 0 Å². The molecule has 0 aliphatic heterocycles. The summed E-state index contributed by atoms with van der Waals surface area (Å²) in [5.74, 6) is 2.50. The predicted molar refractivity (Wildman–Crippen MR) is 165 cm³/mol. The van der Waals surface area contributed by atoms with E-state index in [0.29, 0.717) is 21.7 Å². The lowest BCUT2D eigenvalue weighted by Crippen LogP contribution is -2.21. The van der Waals surface area contributed by atoms with Crippen LogP contribution < -0.4 is 0 Å². The Morgan fingerprint density at radius 2 is 1.24 bits per heavy atom. The average molecular weight is 481 g/mol. The summed E-state index contributed by atoms with van der Waals surface area (Å²) in [5, 5.41) is 0. The monoisotopic (exact) mass is 481 g/mol. The molecule has 1 aliphatic carbocycles. The molecule has 0 heterocycles. The highest BCUT2D eigenvalue weighted by molar-refractivity contribution is 4.97. The Morgan fingerprint density at radius 1 is 0.824 bits per heavy atom. The van der Waals surface area contributed by atoms with Gasteiger partial charge in [0.05, 0.1) is 0 Å². The molecule has 0 saturated carbocycles. The van der Waals surface area contributed by atoms with Gasteiger partial charge >= 0.3 is 0 Å². The van der Waals surface area contributed by atoms with Crippen molar-refractivity contribution in [2.75, 3.05) is 0 Å². The van der Waals surface area contributed by atoms with Crippen molar-refractivity contribution in [2.45, 2.75) is 157 Å². The molecular weight excluding hydrogens is 408 g/mol. The van der Waals surface area contributed by atoms with Crippen LogP contribution in [0.25, 0.3) is 0 Å². The van der Waals surface area contributed by atoms with Gasteiger partial charge in [0, 0.05) is 0 Å². The van der Waals surface area contributed by atoms with E-state index in [1.165, 1.54) is 31.3 Å². The van der Waals surface area contributed by atoms with Crippen LogP contribution >= 0.6 is 0 Å². The van der Waals surface area contributed by atoms with E-state index in [2.05, 4.69) is 136 Å². The summed E-state index contributed by atoms with van der Waals surface area (Å²) in [6.45, 7) is 42.3.